The summed E-state index contributed by atoms with van der Waals surface area (Å²) < 4.78 is 6.98. The van der Waals surface area contributed by atoms with Gasteiger partial charge in [0.1, 0.15) is 0 Å². The second kappa shape index (κ2) is 6.87. The van der Waals surface area contributed by atoms with Gasteiger partial charge in [-0.3, -0.25) is 14.2 Å². The molecule has 136 valence electrons. The van der Waals surface area contributed by atoms with E-state index in [1.165, 1.54) is 4.57 Å². The molecule has 1 fully saturated rings. The number of nitrogens with one attached hydrogen (secondary N) is 1. The summed E-state index contributed by atoms with van der Waals surface area (Å²) in [6.07, 6.45) is 1.93. The van der Waals surface area contributed by atoms with Crippen molar-refractivity contribution in [2.45, 2.75) is 32.4 Å². The van der Waals surface area contributed by atoms with E-state index < -0.39 is 11.5 Å². The Hall–Kier alpha value is -2.74. The Balaban J connectivity index is 1.54. The zero-order chi connectivity index (χ0) is 18.1. The summed E-state index contributed by atoms with van der Waals surface area (Å²) >= 11 is 0. The Labute approximate surface area is 150 Å². The third-order valence-electron chi connectivity index (χ3n) is 4.79. The van der Waals surface area contributed by atoms with Crippen LogP contribution >= 0.6 is 0 Å². The lowest BCUT2D eigenvalue weighted by molar-refractivity contribution is 0.0851. The SMILES string of the molecule is Cc1ccc(N2CCn3c2nnc(C(=O)NC[C@@H]2CCCO2)c3=O)cc1. The van der Waals surface area contributed by atoms with Crippen molar-refractivity contribution in [1.29, 1.82) is 0 Å². The number of carbonyl (C=O) groups is 1. The number of carbonyl (C=O) groups excluding carboxylic acids is 1. The van der Waals surface area contributed by atoms with Gasteiger partial charge in [0, 0.05) is 31.9 Å². The number of rotatable bonds is 4. The summed E-state index contributed by atoms with van der Waals surface area (Å²) in [5.74, 6) is -0.0309. The minimum Gasteiger partial charge on any atom is -0.376 e. The van der Waals surface area contributed by atoms with Crippen molar-refractivity contribution < 1.29 is 9.53 Å². The van der Waals surface area contributed by atoms with E-state index >= 15 is 0 Å². The maximum atomic E-state index is 12.7. The summed E-state index contributed by atoms with van der Waals surface area (Å²) in [7, 11) is 0. The van der Waals surface area contributed by atoms with Gasteiger partial charge in [0.25, 0.3) is 11.5 Å². The maximum Gasteiger partial charge on any atom is 0.286 e. The van der Waals surface area contributed by atoms with Gasteiger partial charge in [-0.1, -0.05) is 17.7 Å². The summed E-state index contributed by atoms with van der Waals surface area (Å²) in [6.45, 7) is 4.22. The van der Waals surface area contributed by atoms with Crippen molar-refractivity contribution in [2.24, 2.45) is 0 Å². The Morgan fingerprint density at radius 3 is 2.81 bits per heavy atom. The van der Waals surface area contributed by atoms with Crippen LogP contribution < -0.4 is 15.8 Å². The van der Waals surface area contributed by atoms with E-state index in [4.69, 9.17) is 4.74 Å². The van der Waals surface area contributed by atoms with Crippen LogP contribution in [0.5, 0.6) is 0 Å². The molecule has 1 N–H and O–H groups in total. The molecule has 2 aliphatic rings. The van der Waals surface area contributed by atoms with E-state index in [1.807, 2.05) is 36.1 Å². The molecule has 26 heavy (non-hydrogen) atoms. The number of amides is 1. The number of aromatic nitrogens is 3. The van der Waals surface area contributed by atoms with Crippen LogP contribution in [0.4, 0.5) is 11.6 Å². The van der Waals surface area contributed by atoms with Crippen LogP contribution in [0.25, 0.3) is 0 Å². The van der Waals surface area contributed by atoms with Crippen LogP contribution in [0.15, 0.2) is 29.1 Å². The first-order valence-corrected chi connectivity index (χ1v) is 8.85. The first-order chi connectivity index (χ1) is 12.6. The molecule has 1 aromatic carbocycles. The third kappa shape index (κ3) is 3.08. The zero-order valence-corrected chi connectivity index (χ0v) is 14.6. The molecule has 0 spiro atoms. The monoisotopic (exact) mass is 355 g/mol. The van der Waals surface area contributed by atoms with Crippen molar-refractivity contribution in [2.75, 3.05) is 24.6 Å². The smallest absolute Gasteiger partial charge is 0.286 e. The zero-order valence-electron chi connectivity index (χ0n) is 14.6. The molecule has 4 rings (SSSR count). The first kappa shape index (κ1) is 16.7. The molecular weight excluding hydrogens is 334 g/mol. The predicted molar refractivity (Wildman–Crippen MR) is 95.8 cm³/mol. The average molecular weight is 355 g/mol. The molecule has 1 atom stereocenters. The van der Waals surface area contributed by atoms with Gasteiger partial charge >= 0.3 is 0 Å². The number of benzene rings is 1. The number of ether oxygens (including phenoxy) is 1. The molecule has 8 nitrogen and oxygen atoms in total. The maximum absolute atomic E-state index is 12.7. The van der Waals surface area contributed by atoms with Crippen LogP contribution in [-0.2, 0) is 11.3 Å². The second-order valence-corrected chi connectivity index (χ2v) is 6.64. The van der Waals surface area contributed by atoms with Gasteiger partial charge in [0.2, 0.25) is 11.6 Å². The average Bonchev–Trinajstić information content (AvgIpc) is 3.31. The molecule has 1 amide bonds. The minimum absolute atomic E-state index is 0.0149. The van der Waals surface area contributed by atoms with Gasteiger partial charge in [-0.2, -0.15) is 0 Å². The van der Waals surface area contributed by atoms with E-state index in [0.717, 1.165) is 30.7 Å². The fourth-order valence-electron chi connectivity index (χ4n) is 3.32. The van der Waals surface area contributed by atoms with Gasteiger partial charge in [-0.25, -0.2) is 0 Å². The normalized spacial score (nSPS) is 18.8. The number of fused-ring (bicyclic) bond motifs is 1. The van der Waals surface area contributed by atoms with E-state index in [1.54, 1.807) is 0 Å². The molecule has 0 unspecified atom stereocenters. The molecular formula is C18H21N5O3. The lowest BCUT2D eigenvalue weighted by Gasteiger charge is -2.17. The largest absolute Gasteiger partial charge is 0.376 e. The highest BCUT2D eigenvalue weighted by atomic mass is 16.5. The molecule has 0 bridgehead atoms. The van der Waals surface area contributed by atoms with Crippen LogP contribution in [-0.4, -0.2) is 46.5 Å². The van der Waals surface area contributed by atoms with Crippen molar-refractivity contribution >= 4 is 17.5 Å². The van der Waals surface area contributed by atoms with Crippen LogP contribution in [0.3, 0.4) is 0 Å². The number of nitrogens with zero attached hydrogens (tertiary/aromatic N) is 4. The first-order valence-electron chi connectivity index (χ1n) is 8.85. The van der Waals surface area contributed by atoms with Crippen molar-refractivity contribution in [3.8, 4) is 0 Å². The molecule has 1 aromatic heterocycles. The highest BCUT2D eigenvalue weighted by Crippen LogP contribution is 2.26. The van der Waals surface area contributed by atoms with E-state index in [9.17, 15) is 9.59 Å². The highest BCUT2D eigenvalue weighted by Gasteiger charge is 2.27. The third-order valence-corrected chi connectivity index (χ3v) is 4.79. The molecule has 1 saturated heterocycles. The van der Waals surface area contributed by atoms with E-state index in [-0.39, 0.29) is 11.8 Å². The minimum atomic E-state index is -0.498. The predicted octanol–water partition coefficient (Wildman–Crippen LogP) is 1.01. The van der Waals surface area contributed by atoms with Gasteiger partial charge in [-0.05, 0) is 31.9 Å². The standard InChI is InChI=1S/C18H21N5O3/c1-12-4-6-13(7-5-12)22-8-9-23-17(25)15(20-21-18(22)23)16(24)19-11-14-3-2-10-26-14/h4-7,14H,2-3,8-11H2,1H3,(H,19,24)/t14-/m0/s1. The summed E-state index contributed by atoms with van der Waals surface area (Å²) in [6, 6.07) is 7.99. The lowest BCUT2D eigenvalue weighted by atomic mass is 10.2. The molecule has 2 aromatic rings. The second-order valence-electron chi connectivity index (χ2n) is 6.64. The topological polar surface area (TPSA) is 89.3 Å². The molecule has 2 aliphatic heterocycles. The Bertz CT molecular complexity index is 871. The van der Waals surface area contributed by atoms with E-state index in [2.05, 4.69) is 15.5 Å². The molecule has 0 aliphatic carbocycles. The molecule has 0 radical (unpaired) electrons. The summed E-state index contributed by atoms with van der Waals surface area (Å²) in [4.78, 5) is 26.9. The summed E-state index contributed by atoms with van der Waals surface area (Å²) in [5, 5.41) is 10.8. The van der Waals surface area contributed by atoms with Crippen molar-refractivity contribution in [1.82, 2.24) is 20.1 Å². The summed E-state index contributed by atoms with van der Waals surface area (Å²) in [5.41, 5.74) is 1.53. The van der Waals surface area contributed by atoms with Crippen molar-refractivity contribution in [3.05, 3.63) is 45.9 Å². The van der Waals surface area contributed by atoms with Crippen LogP contribution in [0, 0.1) is 6.92 Å². The fourth-order valence-corrected chi connectivity index (χ4v) is 3.32. The number of hydrogen-bond acceptors (Lipinski definition) is 6. The Morgan fingerprint density at radius 1 is 1.27 bits per heavy atom. The highest BCUT2D eigenvalue weighted by molar-refractivity contribution is 5.91. The number of aryl methyl sites for hydroxylation is 1. The molecule has 3 heterocycles. The van der Waals surface area contributed by atoms with Crippen LogP contribution in [0.2, 0.25) is 0 Å². The van der Waals surface area contributed by atoms with E-state index in [0.29, 0.717) is 25.6 Å². The quantitative estimate of drug-likeness (QED) is 0.880. The van der Waals surface area contributed by atoms with Gasteiger partial charge < -0.3 is 15.0 Å². The van der Waals surface area contributed by atoms with Gasteiger partial charge in [0.15, 0.2) is 0 Å². The fraction of sp³-hybridized carbons (Fsp3) is 0.444. The van der Waals surface area contributed by atoms with Gasteiger partial charge in [-0.15, -0.1) is 10.2 Å². The Morgan fingerprint density at radius 2 is 2.08 bits per heavy atom. The molecule has 0 saturated carbocycles. The van der Waals surface area contributed by atoms with Crippen molar-refractivity contribution in [3.63, 3.8) is 0 Å². The van der Waals surface area contributed by atoms with Gasteiger partial charge in [0.05, 0.1) is 6.10 Å². The lowest BCUT2D eigenvalue weighted by Crippen LogP contribution is -2.38. The Kier molecular flexibility index (Phi) is 4.42. The number of hydrogen-bond donors (Lipinski definition) is 1. The van der Waals surface area contributed by atoms with Crippen LogP contribution in [0.1, 0.15) is 28.9 Å². The molecule has 8 heteroatoms. The number of anilines is 2.